The van der Waals surface area contributed by atoms with Crippen LogP contribution in [0.4, 0.5) is 5.69 Å². The Morgan fingerprint density at radius 1 is 1.28 bits per heavy atom. The average molecular weight is 248 g/mol. The number of hydrogen-bond donors (Lipinski definition) is 2. The van der Waals surface area contributed by atoms with E-state index in [4.69, 9.17) is 4.74 Å². The maximum Gasteiger partial charge on any atom is 0.0637 e. The van der Waals surface area contributed by atoms with Crippen molar-refractivity contribution in [1.82, 2.24) is 5.32 Å². The van der Waals surface area contributed by atoms with Crippen molar-refractivity contribution in [3.63, 3.8) is 0 Å². The van der Waals surface area contributed by atoms with Crippen molar-refractivity contribution in [2.24, 2.45) is 0 Å². The molecule has 1 unspecified atom stereocenters. The topological polar surface area (TPSA) is 33.3 Å². The molecule has 100 valence electrons. The molecule has 1 saturated heterocycles. The molecule has 2 rings (SSSR count). The molecule has 0 bridgehead atoms. The lowest BCUT2D eigenvalue weighted by molar-refractivity contribution is 0.0806. The van der Waals surface area contributed by atoms with Crippen LogP contribution in [0.5, 0.6) is 0 Å². The van der Waals surface area contributed by atoms with E-state index < -0.39 is 0 Å². The lowest BCUT2D eigenvalue weighted by atomic mass is 10.0. The van der Waals surface area contributed by atoms with Crippen molar-refractivity contribution < 1.29 is 4.74 Å². The molecule has 1 aliphatic rings. The Morgan fingerprint density at radius 3 is 2.56 bits per heavy atom. The first-order chi connectivity index (χ1) is 8.85. The molecule has 2 N–H and O–H groups in total. The van der Waals surface area contributed by atoms with Gasteiger partial charge in [0.1, 0.15) is 0 Å². The van der Waals surface area contributed by atoms with Crippen molar-refractivity contribution in [2.75, 3.05) is 31.6 Å². The van der Waals surface area contributed by atoms with Crippen LogP contribution < -0.4 is 10.6 Å². The molecule has 0 aliphatic carbocycles. The summed E-state index contributed by atoms with van der Waals surface area (Å²) >= 11 is 0. The second kappa shape index (κ2) is 6.76. The van der Waals surface area contributed by atoms with Crippen molar-refractivity contribution in [2.45, 2.75) is 32.7 Å². The number of morpholine rings is 1. The van der Waals surface area contributed by atoms with Gasteiger partial charge in [-0.25, -0.2) is 0 Å². The van der Waals surface area contributed by atoms with Crippen LogP contribution in [0.2, 0.25) is 0 Å². The highest BCUT2D eigenvalue weighted by Gasteiger charge is 2.13. The Bertz CT molecular complexity index is 351. The summed E-state index contributed by atoms with van der Waals surface area (Å²) in [5, 5.41) is 7.09. The van der Waals surface area contributed by atoms with Gasteiger partial charge >= 0.3 is 0 Å². The highest BCUT2D eigenvalue weighted by molar-refractivity contribution is 5.58. The van der Waals surface area contributed by atoms with Gasteiger partial charge in [0, 0.05) is 24.8 Å². The van der Waals surface area contributed by atoms with Gasteiger partial charge in [0.05, 0.1) is 13.2 Å². The Morgan fingerprint density at radius 2 is 2.00 bits per heavy atom. The molecule has 1 atom stereocenters. The average Bonchev–Trinajstić information content (AvgIpc) is 2.45. The molecule has 18 heavy (non-hydrogen) atoms. The summed E-state index contributed by atoms with van der Waals surface area (Å²) in [4.78, 5) is 0. The maximum absolute atomic E-state index is 5.48. The van der Waals surface area contributed by atoms with Gasteiger partial charge in [-0.1, -0.05) is 32.0 Å². The summed E-state index contributed by atoms with van der Waals surface area (Å²) in [7, 11) is 0. The summed E-state index contributed by atoms with van der Waals surface area (Å²) in [6.45, 7) is 7.96. The minimum Gasteiger partial charge on any atom is -0.383 e. The summed E-state index contributed by atoms with van der Waals surface area (Å²) in [5.41, 5.74) is 4.15. The minimum atomic E-state index is 0.424. The molecule has 1 aromatic rings. The van der Waals surface area contributed by atoms with Gasteiger partial charge in [-0.2, -0.15) is 0 Å². The number of benzene rings is 1. The first kappa shape index (κ1) is 13.4. The van der Waals surface area contributed by atoms with Crippen LogP contribution in [0.15, 0.2) is 18.2 Å². The minimum absolute atomic E-state index is 0.424. The van der Waals surface area contributed by atoms with Gasteiger partial charge in [0.25, 0.3) is 0 Å². The third-order valence-electron chi connectivity index (χ3n) is 3.52. The highest BCUT2D eigenvalue weighted by atomic mass is 16.5. The Kier molecular flexibility index (Phi) is 5.02. The molecule has 3 heteroatoms. The SMILES string of the molecule is CCc1cccc(CC)c1NCC1COCCN1. The molecular formula is C15H24N2O. The van der Waals surface area contributed by atoms with Crippen LogP contribution in [0.1, 0.15) is 25.0 Å². The number of hydrogen-bond acceptors (Lipinski definition) is 3. The smallest absolute Gasteiger partial charge is 0.0637 e. The van der Waals surface area contributed by atoms with Crippen LogP contribution in [0.25, 0.3) is 0 Å². The van der Waals surface area contributed by atoms with Crippen LogP contribution in [-0.2, 0) is 17.6 Å². The van der Waals surface area contributed by atoms with Gasteiger partial charge < -0.3 is 15.4 Å². The molecule has 1 heterocycles. The van der Waals surface area contributed by atoms with Crippen molar-refractivity contribution in [1.29, 1.82) is 0 Å². The van der Waals surface area contributed by atoms with E-state index in [-0.39, 0.29) is 0 Å². The summed E-state index contributed by atoms with van der Waals surface area (Å²) < 4.78 is 5.48. The third kappa shape index (κ3) is 3.24. The van der Waals surface area contributed by atoms with Crippen molar-refractivity contribution >= 4 is 5.69 Å². The van der Waals surface area contributed by atoms with Gasteiger partial charge in [-0.15, -0.1) is 0 Å². The van der Waals surface area contributed by atoms with E-state index in [1.54, 1.807) is 0 Å². The number of aryl methyl sites for hydroxylation is 2. The van der Waals surface area contributed by atoms with E-state index in [0.717, 1.165) is 39.1 Å². The number of anilines is 1. The quantitative estimate of drug-likeness (QED) is 0.838. The second-order valence-electron chi connectivity index (χ2n) is 4.77. The van der Waals surface area contributed by atoms with Crippen LogP contribution in [0, 0.1) is 0 Å². The number of rotatable bonds is 5. The van der Waals surface area contributed by atoms with E-state index in [9.17, 15) is 0 Å². The zero-order chi connectivity index (χ0) is 12.8. The van der Waals surface area contributed by atoms with E-state index in [1.165, 1.54) is 16.8 Å². The molecule has 1 aromatic carbocycles. The normalized spacial score (nSPS) is 19.8. The molecule has 1 aliphatic heterocycles. The summed E-state index contributed by atoms with van der Waals surface area (Å²) in [5.74, 6) is 0. The Labute approximate surface area is 110 Å². The van der Waals surface area contributed by atoms with Gasteiger partial charge in [-0.05, 0) is 24.0 Å². The fourth-order valence-corrected chi connectivity index (χ4v) is 2.45. The molecule has 0 radical (unpaired) electrons. The first-order valence-corrected chi connectivity index (χ1v) is 7.00. The molecule has 0 amide bonds. The molecule has 0 saturated carbocycles. The Balaban J connectivity index is 2.02. The van der Waals surface area contributed by atoms with Crippen LogP contribution >= 0.6 is 0 Å². The maximum atomic E-state index is 5.48. The largest absolute Gasteiger partial charge is 0.383 e. The lowest BCUT2D eigenvalue weighted by Gasteiger charge is -2.25. The van der Waals surface area contributed by atoms with Crippen molar-refractivity contribution in [3.8, 4) is 0 Å². The summed E-state index contributed by atoms with van der Waals surface area (Å²) in [6, 6.07) is 7.01. The highest BCUT2D eigenvalue weighted by Crippen LogP contribution is 2.22. The number of para-hydroxylation sites is 1. The van der Waals surface area contributed by atoms with Gasteiger partial charge in [-0.3, -0.25) is 0 Å². The van der Waals surface area contributed by atoms with Gasteiger partial charge in [0.2, 0.25) is 0 Å². The monoisotopic (exact) mass is 248 g/mol. The summed E-state index contributed by atoms with van der Waals surface area (Å²) in [6.07, 6.45) is 2.15. The Hall–Kier alpha value is -1.06. The van der Waals surface area contributed by atoms with Crippen LogP contribution in [-0.4, -0.2) is 32.3 Å². The predicted molar refractivity (Wildman–Crippen MR) is 76.3 cm³/mol. The molecule has 1 fully saturated rings. The van der Waals surface area contributed by atoms with Crippen molar-refractivity contribution in [3.05, 3.63) is 29.3 Å². The second-order valence-corrected chi connectivity index (χ2v) is 4.77. The van der Waals surface area contributed by atoms with E-state index in [2.05, 4.69) is 42.7 Å². The standard InChI is InChI=1S/C15H24N2O/c1-3-12-6-5-7-13(4-2)15(12)17-10-14-11-18-9-8-16-14/h5-7,14,16-17H,3-4,8-11H2,1-2H3. The van der Waals surface area contributed by atoms with E-state index in [0.29, 0.717) is 6.04 Å². The van der Waals surface area contributed by atoms with E-state index >= 15 is 0 Å². The van der Waals surface area contributed by atoms with E-state index in [1.807, 2.05) is 0 Å². The molecular weight excluding hydrogens is 224 g/mol. The lowest BCUT2D eigenvalue weighted by Crippen LogP contribution is -2.45. The fourth-order valence-electron chi connectivity index (χ4n) is 2.45. The third-order valence-corrected chi connectivity index (χ3v) is 3.52. The van der Waals surface area contributed by atoms with Gasteiger partial charge in [0.15, 0.2) is 0 Å². The van der Waals surface area contributed by atoms with Crippen LogP contribution in [0.3, 0.4) is 0 Å². The zero-order valence-corrected chi connectivity index (χ0v) is 11.5. The molecule has 3 nitrogen and oxygen atoms in total. The fraction of sp³-hybridized carbons (Fsp3) is 0.600. The predicted octanol–water partition coefficient (Wildman–Crippen LogP) is 2.21. The first-order valence-electron chi connectivity index (χ1n) is 7.00. The number of nitrogens with one attached hydrogen (secondary N) is 2. The molecule has 0 spiro atoms. The zero-order valence-electron chi connectivity index (χ0n) is 11.5. The number of ether oxygens (including phenoxy) is 1. The molecule has 0 aromatic heterocycles.